The standard InChI is InChI=1S/C24H22F3N3O6/c1-13-12-30(2)22(34)20(21(13)33)29-23(35)28-18(11-19(31)32)16-5-3-4-15(10-16)14-6-8-17(9-7-14)36-24(25,26)27/h3-10,12,18,33H,11H2,1-2H3,(H,31,32)(H2,28,29,35). The molecule has 1 heterocycles. The van der Waals surface area contributed by atoms with Gasteiger partial charge in [0.25, 0.3) is 5.56 Å². The Bertz CT molecular complexity index is 1340. The van der Waals surface area contributed by atoms with Crippen molar-refractivity contribution in [3.63, 3.8) is 0 Å². The summed E-state index contributed by atoms with van der Waals surface area (Å²) in [4.78, 5) is 36.4. The van der Waals surface area contributed by atoms with Crippen molar-refractivity contribution >= 4 is 17.7 Å². The van der Waals surface area contributed by atoms with Gasteiger partial charge in [0, 0.05) is 18.8 Å². The third kappa shape index (κ3) is 6.56. The smallest absolute Gasteiger partial charge is 0.505 e. The summed E-state index contributed by atoms with van der Waals surface area (Å²) in [6.45, 7) is 1.54. The zero-order chi connectivity index (χ0) is 26.6. The van der Waals surface area contributed by atoms with Gasteiger partial charge in [0.2, 0.25) is 0 Å². The fraction of sp³-hybridized carbons (Fsp3) is 0.208. The van der Waals surface area contributed by atoms with Crippen LogP contribution in [0.1, 0.15) is 23.6 Å². The summed E-state index contributed by atoms with van der Waals surface area (Å²) in [5, 5.41) is 24.3. The number of alkyl halides is 3. The molecule has 4 N–H and O–H groups in total. The van der Waals surface area contributed by atoms with Crippen LogP contribution in [-0.4, -0.2) is 33.1 Å². The molecule has 0 spiro atoms. The number of aryl methyl sites for hydroxylation is 2. The highest BCUT2D eigenvalue weighted by atomic mass is 19.4. The molecular weight excluding hydrogens is 483 g/mol. The molecule has 1 aromatic heterocycles. The quantitative estimate of drug-likeness (QED) is 0.379. The van der Waals surface area contributed by atoms with Crippen LogP contribution in [0.25, 0.3) is 11.1 Å². The van der Waals surface area contributed by atoms with Crippen LogP contribution >= 0.6 is 0 Å². The first kappa shape index (κ1) is 26.1. The molecular formula is C24H22F3N3O6. The van der Waals surface area contributed by atoms with Crippen molar-refractivity contribution in [3.8, 4) is 22.6 Å². The van der Waals surface area contributed by atoms with E-state index in [1.54, 1.807) is 31.2 Å². The number of nitrogens with zero attached hydrogens (tertiary/aromatic N) is 1. The first-order valence-electron chi connectivity index (χ1n) is 10.5. The lowest BCUT2D eigenvalue weighted by Crippen LogP contribution is -2.36. The lowest BCUT2D eigenvalue weighted by atomic mass is 9.98. The molecule has 0 fully saturated rings. The monoisotopic (exact) mass is 505 g/mol. The second kappa shape index (κ2) is 10.4. The molecule has 0 bridgehead atoms. The van der Waals surface area contributed by atoms with Gasteiger partial charge >= 0.3 is 18.4 Å². The van der Waals surface area contributed by atoms with Gasteiger partial charge in [-0.05, 0) is 41.8 Å². The predicted molar refractivity (Wildman–Crippen MR) is 124 cm³/mol. The molecule has 12 heteroatoms. The Labute approximate surface area is 202 Å². The van der Waals surface area contributed by atoms with E-state index in [0.29, 0.717) is 22.3 Å². The molecule has 0 aliphatic carbocycles. The molecule has 2 amide bonds. The summed E-state index contributed by atoms with van der Waals surface area (Å²) in [6.07, 6.45) is -3.94. The van der Waals surface area contributed by atoms with Gasteiger partial charge in [-0.25, -0.2) is 4.79 Å². The lowest BCUT2D eigenvalue weighted by molar-refractivity contribution is -0.274. The van der Waals surface area contributed by atoms with Gasteiger partial charge in [0.05, 0.1) is 12.5 Å². The fourth-order valence-electron chi connectivity index (χ4n) is 3.52. The van der Waals surface area contributed by atoms with Crippen molar-refractivity contribution in [1.82, 2.24) is 9.88 Å². The van der Waals surface area contributed by atoms with E-state index in [2.05, 4.69) is 15.4 Å². The lowest BCUT2D eigenvalue weighted by Gasteiger charge is -2.19. The van der Waals surface area contributed by atoms with Gasteiger partial charge < -0.3 is 30.2 Å². The largest absolute Gasteiger partial charge is 0.573 e. The minimum atomic E-state index is -4.82. The van der Waals surface area contributed by atoms with E-state index in [1.165, 1.54) is 29.9 Å². The van der Waals surface area contributed by atoms with E-state index < -0.39 is 47.9 Å². The van der Waals surface area contributed by atoms with Crippen molar-refractivity contribution in [3.05, 3.63) is 76.2 Å². The second-order valence-corrected chi connectivity index (χ2v) is 7.90. The molecule has 1 atom stereocenters. The van der Waals surface area contributed by atoms with Crippen molar-refractivity contribution in [1.29, 1.82) is 0 Å². The van der Waals surface area contributed by atoms with Crippen molar-refractivity contribution in [2.75, 3.05) is 5.32 Å². The maximum absolute atomic E-state index is 12.6. The highest BCUT2D eigenvalue weighted by molar-refractivity contribution is 5.91. The molecule has 0 radical (unpaired) electrons. The van der Waals surface area contributed by atoms with Crippen LogP contribution in [0.3, 0.4) is 0 Å². The molecule has 1 unspecified atom stereocenters. The number of aromatic nitrogens is 1. The van der Waals surface area contributed by atoms with Crippen LogP contribution < -0.4 is 20.9 Å². The van der Waals surface area contributed by atoms with Crippen LogP contribution in [-0.2, 0) is 11.8 Å². The Hall–Kier alpha value is -4.48. The number of hydrogen-bond acceptors (Lipinski definition) is 5. The Balaban J connectivity index is 1.84. The zero-order valence-electron chi connectivity index (χ0n) is 19.1. The average molecular weight is 505 g/mol. The molecule has 0 saturated carbocycles. The number of urea groups is 1. The third-order valence-electron chi connectivity index (χ3n) is 5.16. The maximum Gasteiger partial charge on any atom is 0.573 e. The molecule has 9 nitrogen and oxygen atoms in total. The van der Waals surface area contributed by atoms with Crippen LogP contribution in [0.2, 0.25) is 0 Å². The van der Waals surface area contributed by atoms with Crippen LogP contribution in [0.4, 0.5) is 23.7 Å². The van der Waals surface area contributed by atoms with Crippen molar-refractivity contribution in [2.24, 2.45) is 7.05 Å². The maximum atomic E-state index is 12.6. The van der Waals surface area contributed by atoms with Gasteiger partial charge in [0.15, 0.2) is 5.69 Å². The van der Waals surface area contributed by atoms with Crippen molar-refractivity contribution in [2.45, 2.75) is 25.7 Å². The van der Waals surface area contributed by atoms with Gasteiger partial charge in [-0.1, -0.05) is 30.3 Å². The number of benzene rings is 2. The average Bonchev–Trinajstić information content (AvgIpc) is 2.79. The third-order valence-corrected chi connectivity index (χ3v) is 5.16. The number of aliphatic carboxylic acids is 1. The summed E-state index contributed by atoms with van der Waals surface area (Å²) < 4.78 is 42.2. The molecule has 3 aromatic rings. The first-order chi connectivity index (χ1) is 16.8. The van der Waals surface area contributed by atoms with E-state index in [4.69, 9.17) is 0 Å². The SMILES string of the molecule is Cc1cn(C)c(=O)c(NC(=O)NC(CC(=O)O)c2cccc(-c3ccc(OC(F)(F)F)cc3)c2)c1O. The summed E-state index contributed by atoms with van der Waals surface area (Å²) >= 11 is 0. The number of amides is 2. The zero-order valence-corrected chi connectivity index (χ0v) is 19.1. The van der Waals surface area contributed by atoms with E-state index in [0.717, 1.165) is 12.1 Å². The molecule has 36 heavy (non-hydrogen) atoms. The number of ether oxygens (including phenoxy) is 1. The van der Waals surface area contributed by atoms with Gasteiger partial charge in [0.1, 0.15) is 11.5 Å². The fourth-order valence-corrected chi connectivity index (χ4v) is 3.52. The van der Waals surface area contributed by atoms with Gasteiger partial charge in [-0.2, -0.15) is 0 Å². The number of aromatic hydroxyl groups is 1. The number of nitrogens with one attached hydrogen (secondary N) is 2. The Morgan fingerprint density at radius 1 is 1.11 bits per heavy atom. The van der Waals surface area contributed by atoms with Gasteiger partial charge in [-0.3, -0.25) is 9.59 Å². The molecule has 2 aromatic carbocycles. The summed E-state index contributed by atoms with van der Waals surface area (Å²) in [7, 11) is 1.44. The molecule has 3 rings (SSSR count). The van der Waals surface area contributed by atoms with E-state index >= 15 is 0 Å². The number of carboxylic acids is 1. The van der Waals surface area contributed by atoms with Crippen LogP contribution in [0.5, 0.6) is 11.5 Å². The molecule has 190 valence electrons. The number of carboxylic acid groups (broad SMARTS) is 1. The number of carbonyl (C=O) groups excluding carboxylic acids is 1. The van der Waals surface area contributed by atoms with Gasteiger partial charge in [-0.15, -0.1) is 13.2 Å². The molecule has 0 aliphatic rings. The highest BCUT2D eigenvalue weighted by Gasteiger charge is 2.31. The minimum absolute atomic E-state index is 0.342. The number of rotatable bonds is 7. The summed E-state index contributed by atoms with van der Waals surface area (Å²) in [5.74, 6) is -2.02. The summed E-state index contributed by atoms with van der Waals surface area (Å²) in [5.41, 5.74) is 0.782. The Kier molecular flexibility index (Phi) is 7.56. The Morgan fingerprint density at radius 2 is 1.78 bits per heavy atom. The van der Waals surface area contributed by atoms with E-state index in [1.807, 2.05) is 0 Å². The number of pyridine rings is 1. The van der Waals surface area contributed by atoms with Crippen LogP contribution in [0, 0.1) is 6.92 Å². The van der Waals surface area contributed by atoms with E-state index in [-0.39, 0.29) is 5.69 Å². The number of carbonyl (C=O) groups is 2. The van der Waals surface area contributed by atoms with Crippen molar-refractivity contribution < 1.29 is 37.7 Å². The minimum Gasteiger partial charge on any atom is -0.505 e. The highest BCUT2D eigenvalue weighted by Crippen LogP contribution is 2.29. The number of anilines is 1. The predicted octanol–water partition coefficient (Wildman–Crippen LogP) is 4.30. The topological polar surface area (TPSA) is 130 Å². The van der Waals surface area contributed by atoms with E-state index in [9.17, 15) is 37.8 Å². The Morgan fingerprint density at radius 3 is 2.39 bits per heavy atom. The van der Waals surface area contributed by atoms with Crippen LogP contribution in [0.15, 0.2) is 59.5 Å². The molecule has 0 aliphatic heterocycles. The number of hydrogen-bond donors (Lipinski definition) is 4. The summed E-state index contributed by atoms with van der Waals surface area (Å²) in [6, 6.07) is 9.56. The first-order valence-corrected chi connectivity index (χ1v) is 10.5. The second-order valence-electron chi connectivity index (χ2n) is 7.90. The molecule has 0 saturated heterocycles. The number of halogens is 3. The normalized spacial score (nSPS) is 12.0.